The molecule has 1 atom stereocenters. The number of hydrogen-bond donors (Lipinski definition) is 1. The third-order valence-electron chi connectivity index (χ3n) is 4.54. The number of pyridine rings is 1. The van der Waals surface area contributed by atoms with Crippen molar-refractivity contribution in [2.75, 3.05) is 5.32 Å². The fourth-order valence-electron chi connectivity index (χ4n) is 3.18. The summed E-state index contributed by atoms with van der Waals surface area (Å²) in [4.78, 5) is 4.50. The lowest BCUT2D eigenvalue weighted by Gasteiger charge is -2.41. The molecule has 1 aliphatic carbocycles. The minimum Gasteiger partial charge on any atom is -0.376 e. The van der Waals surface area contributed by atoms with E-state index in [0.717, 1.165) is 16.0 Å². The lowest BCUT2D eigenvalue weighted by molar-refractivity contribution is 0.265. The molecule has 3 heteroatoms. The molecule has 3 rings (SSSR count). The molecule has 110 valence electrons. The second-order valence-electron chi connectivity index (χ2n) is 6.53. The van der Waals surface area contributed by atoms with Gasteiger partial charge >= 0.3 is 0 Å². The van der Waals surface area contributed by atoms with E-state index in [-0.39, 0.29) is 5.41 Å². The van der Waals surface area contributed by atoms with Crippen LogP contribution in [0.2, 0.25) is 0 Å². The Bertz CT molecular complexity index is 664. The van der Waals surface area contributed by atoms with Crippen LogP contribution in [-0.2, 0) is 6.42 Å². The van der Waals surface area contributed by atoms with Gasteiger partial charge in [-0.2, -0.15) is 0 Å². The summed E-state index contributed by atoms with van der Waals surface area (Å²) in [5.74, 6) is 0. The van der Waals surface area contributed by atoms with Gasteiger partial charge in [-0.05, 0) is 64.4 Å². The van der Waals surface area contributed by atoms with Gasteiger partial charge in [0, 0.05) is 0 Å². The first kappa shape index (κ1) is 14.6. The van der Waals surface area contributed by atoms with Gasteiger partial charge in [-0.15, -0.1) is 0 Å². The van der Waals surface area contributed by atoms with Crippen LogP contribution in [-0.4, -0.2) is 4.98 Å². The average molecular weight is 345 g/mol. The predicted molar refractivity (Wildman–Crippen MR) is 91.6 cm³/mol. The zero-order chi connectivity index (χ0) is 15.0. The molecule has 1 aliphatic rings. The van der Waals surface area contributed by atoms with Crippen molar-refractivity contribution in [2.45, 2.75) is 39.7 Å². The molecular weight excluding hydrogens is 324 g/mol. The summed E-state index contributed by atoms with van der Waals surface area (Å²) in [5.41, 5.74) is 5.28. The molecule has 0 radical (unpaired) electrons. The molecule has 2 nitrogen and oxygen atoms in total. The first-order valence-corrected chi connectivity index (χ1v) is 8.24. The summed E-state index contributed by atoms with van der Waals surface area (Å²) in [6, 6.07) is 13.2. The fourth-order valence-corrected chi connectivity index (χ4v) is 3.58. The van der Waals surface area contributed by atoms with Gasteiger partial charge in [-0.25, -0.2) is 4.98 Å². The third-order valence-corrected chi connectivity index (χ3v) is 4.98. The molecule has 0 amide bonds. The highest BCUT2D eigenvalue weighted by Crippen LogP contribution is 2.45. The van der Waals surface area contributed by atoms with Crippen LogP contribution in [0.1, 0.15) is 43.1 Å². The van der Waals surface area contributed by atoms with Crippen molar-refractivity contribution in [1.82, 2.24) is 4.98 Å². The number of fused-ring (bicyclic) bond motifs is 1. The van der Waals surface area contributed by atoms with E-state index in [1.165, 1.54) is 24.0 Å². The molecule has 21 heavy (non-hydrogen) atoms. The SMILES string of the molecule is Cc1nc(Br)ccc1NC1c2ccccc2CCC1(C)C. The topological polar surface area (TPSA) is 24.9 Å². The van der Waals surface area contributed by atoms with Crippen LogP contribution in [0.15, 0.2) is 41.0 Å². The molecule has 1 N–H and O–H groups in total. The molecule has 0 saturated carbocycles. The summed E-state index contributed by atoms with van der Waals surface area (Å²) in [6.45, 7) is 6.75. The van der Waals surface area contributed by atoms with Crippen molar-refractivity contribution in [3.05, 3.63) is 57.8 Å². The summed E-state index contributed by atoms with van der Waals surface area (Å²) < 4.78 is 0.883. The number of aryl methyl sites for hydroxylation is 2. The van der Waals surface area contributed by atoms with E-state index in [4.69, 9.17) is 0 Å². The number of aromatic nitrogens is 1. The van der Waals surface area contributed by atoms with Gasteiger partial charge in [0.25, 0.3) is 0 Å². The van der Waals surface area contributed by atoms with Crippen molar-refractivity contribution >= 4 is 21.6 Å². The molecule has 0 bridgehead atoms. The predicted octanol–water partition coefficient (Wildman–Crippen LogP) is 5.28. The average Bonchev–Trinajstić information content (AvgIpc) is 2.44. The second-order valence-corrected chi connectivity index (χ2v) is 7.34. The molecule has 0 fully saturated rings. The molecule has 1 heterocycles. The first-order valence-electron chi connectivity index (χ1n) is 7.45. The molecule has 0 aliphatic heterocycles. The highest BCUT2D eigenvalue weighted by atomic mass is 79.9. The second kappa shape index (κ2) is 5.45. The smallest absolute Gasteiger partial charge is 0.106 e. The maximum absolute atomic E-state index is 4.50. The first-order chi connectivity index (χ1) is 9.97. The van der Waals surface area contributed by atoms with E-state index in [2.05, 4.69) is 77.3 Å². The largest absolute Gasteiger partial charge is 0.376 e. The zero-order valence-electron chi connectivity index (χ0n) is 12.8. The highest BCUT2D eigenvalue weighted by molar-refractivity contribution is 9.10. The van der Waals surface area contributed by atoms with Crippen LogP contribution in [0.3, 0.4) is 0 Å². The standard InChI is InChI=1S/C18H21BrN2/c1-12-15(8-9-16(19)20-12)21-17-14-7-5-4-6-13(14)10-11-18(17,2)3/h4-9,17,21H,10-11H2,1-3H3. The van der Waals surface area contributed by atoms with Crippen molar-refractivity contribution in [1.29, 1.82) is 0 Å². The van der Waals surface area contributed by atoms with E-state index in [1.54, 1.807) is 0 Å². The molecule has 1 aromatic heterocycles. The van der Waals surface area contributed by atoms with Crippen molar-refractivity contribution in [3.63, 3.8) is 0 Å². The van der Waals surface area contributed by atoms with Gasteiger partial charge in [0.2, 0.25) is 0 Å². The Morgan fingerprint density at radius 2 is 1.95 bits per heavy atom. The van der Waals surface area contributed by atoms with Crippen LogP contribution in [0, 0.1) is 12.3 Å². The third kappa shape index (κ3) is 2.84. The summed E-state index contributed by atoms with van der Waals surface area (Å²) in [6.07, 6.45) is 2.36. The van der Waals surface area contributed by atoms with Crippen LogP contribution < -0.4 is 5.32 Å². The van der Waals surface area contributed by atoms with Crippen LogP contribution in [0.5, 0.6) is 0 Å². The van der Waals surface area contributed by atoms with Crippen LogP contribution in [0.4, 0.5) is 5.69 Å². The summed E-state index contributed by atoms with van der Waals surface area (Å²) in [7, 11) is 0. The number of hydrogen-bond acceptors (Lipinski definition) is 2. The van der Waals surface area contributed by atoms with Crippen LogP contribution >= 0.6 is 15.9 Å². The summed E-state index contributed by atoms with van der Waals surface area (Å²) in [5, 5.41) is 3.74. The normalized spacial score (nSPS) is 19.9. The van der Waals surface area contributed by atoms with Gasteiger partial charge in [-0.3, -0.25) is 0 Å². The van der Waals surface area contributed by atoms with Gasteiger partial charge < -0.3 is 5.32 Å². The van der Waals surface area contributed by atoms with Gasteiger partial charge in [0.15, 0.2) is 0 Å². The number of nitrogens with one attached hydrogen (secondary N) is 1. The Balaban J connectivity index is 1.99. The maximum Gasteiger partial charge on any atom is 0.106 e. The number of nitrogens with zero attached hydrogens (tertiary/aromatic N) is 1. The zero-order valence-corrected chi connectivity index (χ0v) is 14.4. The molecule has 0 spiro atoms. The van der Waals surface area contributed by atoms with Crippen LogP contribution in [0.25, 0.3) is 0 Å². The number of anilines is 1. The van der Waals surface area contributed by atoms with E-state index < -0.39 is 0 Å². The monoisotopic (exact) mass is 344 g/mol. The van der Waals surface area contributed by atoms with Gasteiger partial charge in [0.1, 0.15) is 4.60 Å². The van der Waals surface area contributed by atoms with E-state index >= 15 is 0 Å². The Morgan fingerprint density at radius 1 is 1.19 bits per heavy atom. The number of benzene rings is 1. The lowest BCUT2D eigenvalue weighted by atomic mass is 9.70. The van der Waals surface area contributed by atoms with Crippen molar-refractivity contribution < 1.29 is 0 Å². The van der Waals surface area contributed by atoms with E-state index in [1.807, 2.05) is 6.07 Å². The van der Waals surface area contributed by atoms with E-state index in [0.29, 0.717) is 6.04 Å². The number of rotatable bonds is 2. The Kier molecular flexibility index (Phi) is 3.78. The highest BCUT2D eigenvalue weighted by Gasteiger charge is 2.35. The van der Waals surface area contributed by atoms with E-state index in [9.17, 15) is 0 Å². The Labute approximate surface area is 135 Å². The summed E-state index contributed by atoms with van der Waals surface area (Å²) >= 11 is 3.43. The number of halogens is 1. The molecule has 2 aromatic rings. The maximum atomic E-state index is 4.50. The van der Waals surface area contributed by atoms with Gasteiger partial charge in [-0.1, -0.05) is 38.1 Å². The molecule has 1 aromatic carbocycles. The van der Waals surface area contributed by atoms with Gasteiger partial charge in [0.05, 0.1) is 17.4 Å². The fraction of sp³-hybridized carbons (Fsp3) is 0.389. The lowest BCUT2D eigenvalue weighted by Crippen LogP contribution is -2.33. The van der Waals surface area contributed by atoms with Crippen molar-refractivity contribution in [3.8, 4) is 0 Å². The quantitative estimate of drug-likeness (QED) is 0.749. The van der Waals surface area contributed by atoms with Crippen molar-refractivity contribution in [2.24, 2.45) is 5.41 Å². The Morgan fingerprint density at radius 3 is 2.71 bits per heavy atom. The molecule has 0 saturated heterocycles. The molecular formula is C18H21BrN2. The Hall–Kier alpha value is -1.35. The minimum atomic E-state index is 0.230. The molecule has 1 unspecified atom stereocenters. The minimum absolute atomic E-state index is 0.230.